The molecule has 12 heteroatoms. The molecule has 2 aliphatic rings. The Morgan fingerprint density at radius 2 is 0.298 bits per heavy atom. The van der Waals surface area contributed by atoms with E-state index >= 15 is 0 Å². The van der Waals surface area contributed by atoms with Gasteiger partial charge in [0.2, 0.25) is 0 Å². The highest BCUT2D eigenvalue weighted by Crippen LogP contribution is 2.62. The lowest BCUT2D eigenvalue weighted by Crippen LogP contribution is -2.15. The standard InChI is InChI=1S/C82H70N4O8/c1-87-65-29-9-53(10-30-65)83(54-11-31-66(88-2)32-12-54)61-25-45-73-74-46-26-62(84(55-13-33-67(89-3)34-14-55)56-15-35-68(90-4)36-16-56)50-78(74)81(77(73)49-61)82-79-51-63(85(57-17-37-69(91-5)38-18-57)58-19-39-70(92-6)40-20-58)27-47-75(79)76-48-28-64(52-80(76)82)86(59-21-41-71(93-7)42-22-59)60-23-43-72(94-8)44-24-60/h9-52,81-82H,1-8H3. The molecule has 0 N–H and O–H groups in total. The van der Waals surface area contributed by atoms with E-state index < -0.39 is 0 Å². The third-order valence-corrected chi connectivity index (χ3v) is 18.1. The van der Waals surface area contributed by atoms with Gasteiger partial charge in [-0.15, -0.1) is 0 Å². The fourth-order valence-electron chi connectivity index (χ4n) is 13.5. The molecule has 12 nitrogen and oxygen atoms in total. The van der Waals surface area contributed by atoms with Gasteiger partial charge in [-0.05, 0) is 287 Å². The number of hydrogen-bond acceptors (Lipinski definition) is 12. The fraction of sp³-hybridized carbons (Fsp3) is 0.122. The molecule has 0 bridgehead atoms. The number of benzene rings is 12. The van der Waals surface area contributed by atoms with Gasteiger partial charge in [-0.3, -0.25) is 0 Å². The van der Waals surface area contributed by atoms with Gasteiger partial charge in [0.05, 0.1) is 56.9 Å². The van der Waals surface area contributed by atoms with E-state index in [9.17, 15) is 0 Å². The van der Waals surface area contributed by atoms with E-state index in [0.717, 1.165) is 136 Å². The summed E-state index contributed by atoms with van der Waals surface area (Å²) in [6.45, 7) is 0. The zero-order valence-electron chi connectivity index (χ0n) is 53.6. The van der Waals surface area contributed by atoms with Gasteiger partial charge in [-0.1, -0.05) is 24.3 Å². The van der Waals surface area contributed by atoms with Crippen LogP contribution in [0.3, 0.4) is 0 Å². The largest absolute Gasteiger partial charge is 0.497 e. The average Bonchev–Trinajstić information content (AvgIpc) is 1.55. The lowest BCUT2D eigenvalue weighted by atomic mass is 9.78. The van der Waals surface area contributed by atoms with Gasteiger partial charge in [0, 0.05) is 80.1 Å². The van der Waals surface area contributed by atoms with E-state index in [-0.39, 0.29) is 11.8 Å². The molecule has 2 aliphatic carbocycles. The molecule has 0 aliphatic heterocycles. The van der Waals surface area contributed by atoms with Crippen LogP contribution in [0.1, 0.15) is 34.1 Å². The minimum atomic E-state index is -0.275. The zero-order valence-corrected chi connectivity index (χ0v) is 53.6. The van der Waals surface area contributed by atoms with Crippen LogP contribution in [0.4, 0.5) is 68.2 Å². The molecule has 12 aromatic carbocycles. The van der Waals surface area contributed by atoms with Crippen LogP contribution in [-0.4, -0.2) is 56.9 Å². The summed E-state index contributed by atoms with van der Waals surface area (Å²) in [6.07, 6.45) is 0. The summed E-state index contributed by atoms with van der Waals surface area (Å²) in [4.78, 5) is 9.26. The van der Waals surface area contributed by atoms with E-state index in [1.165, 1.54) is 22.3 Å². The molecular formula is C82H70N4O8. The zero-order chi connectivity index (χ0) is 64.4. The molecule has 94 heavy (non-hydrogen) atoms. The van der Waals surface area contributed by atoms with Crippen molar-refractivity contribution in [3.05, 3.63) is 289 Å². The van der Waals surface area contributed by atoms with Crippen molar-refractivity contribution in [3.8, 4) is 68.2 Å². The Morgan fingerprint density at radius 1 is 0.170 bits per heavy atom. The minimum absolute atomic E-state index is 0.275. The second-order valence-electron chi connectivity index (χ2n) is 23.0. The van der Waals surface area contributed by atoms with Gasteiger partial charge in [0.15, 0.2) is 0 Å². The molecule has 466 valence electrons. The normalized spacial score (nSPS) is 12.0. The molecule has 0 radical (unpaired) electrons. The fourth-order valence-corrected chi connectivity index (χ4v) is 13.5. The summed E-state index contributed by atoms with van der Waals surface area (Å²) >= 11 is 0. The highest BCUT2D eigenvalue weighted by Gasteiger charge is 2.43. The van der Waals surface area contributed by atoms with Crippen LogP contribution >= 0.6 is 0 Å². The lowest BCUT2D eigenvalue weighted by molar-refractivity contribution is 0.414. The number of nitrogens with zero attached hydrogens (tertiary/aromatic N) is 4. The minimum Gasteiger partial charge on any atom is -0.497 e. The third-order valence-electron chi connectivity index (χ3n) is 18.1. The number of ether oxygens (including phenoxy) is 8. The van der Waals surface area contributed by atoms with Crippen LogP contribution in [0.2, 0.25) is 0 Å². The summed E-state index contributed by atoms with van der Waals surface area (Å²) in [5, 5.41) is 0. The van der Waals surface area contributed by atoms with Crippen molar-refractivity contribution >= 4 is 68.2 Å². The number of anilines is 12. The van der Waals surface area contributed by atoms with Gasteiger partial charge in [0.1, 0.15) is 46.0 Å². The predicted octanol–water partition coefficient (Wildman–Crippen LogP) is 20.6. The SMILES string of the molecule is COc1ccc(N(c2ccc(OC)cc2)c2ccc3c(c2)C(C2c4cc(N(c5ccc(OC)cc5)c5ccc(OC)cc5)ccc4-c4ccc(N(c5ccc(OC)cc5)c5ccc(OC)cc5)cc42)c2cc(N(c4ccc(OC)cc4)c4ccc(OC)cc4)ccc2-3)cc1. The van der Waals surface area contributed by atoms with Crippen molar-refractivity contribution in [2.75, 3.05) is 76.5 Å². The molecule has 0 fully saturated rings. The quantitative estimate of drug-likeness (QED) is 0.0687. The van der Waals surface area contributed by atoms with E-state index in [2.05, 4.69) is 189 Å². The molecule has 0 amide bonds. The van der Waals surface area contributed by atoms with Crippen LogP contribution in [0, 0.1) is 0 Å². The summed E-state index contributed by atoms with van der Waals surface area (Å²) in [5.74, 6) is 5.59. The first-order chi connectivity index (χ1) is 46.2. The molecule has 14 rings (SSSR count). The Morgan fingerprint density at radius 3 is 0.426 bits per heavy atom. The molecule has 0 aromatic heterocycles. The predicted molar refractivity (Wildman–Crippen MR) is 379 cm³/mol. The van der Waals surface area contributed by atoms with Crippen LogP contribution in [-0.2, 0) is 0 Å². The molecule has 0 spiro atoms. The highest BCUT2D eigenvalue weighted by atomic mass is 16.5. The Balaban J connectivity index is 1.04. The first-order valence-corrected chi connectivity index (χ1v) is 31.1. The molecule has 0 atom stereocenters. The number of methoxy groups -OCH3 is 8. The first kappa shape index (κ1) is 59.8. The molecule has 0 saturated carbocycles. The van der Waals surface area contributed by atoms with Crippen molar-refractivity contribution in [3.63, 3.8) is 0 Å². The van der Waals surface area contributed by atoms with Gasteiger partial charge in [-0.25, -0.2) is 0 Å². The average molecular weight is 1240 g/mol. The summed E-state index contributed by atoms with van der Waals surface area (Å²) in [5.41, 5.74) is 21.0. The lowest BCUT2D eigenvalue weighted by Gasteiger charge is -2.31. The monoisotopic (exact) mass is 1240 g/mol. The summed E-state index contributed by atoms with van der Waals surface area (Å²) < 4.78 is 45.8. The Kier molecular flexibility index (Phi) is 16.5. The molecule has 0 saturated heterocycles. The number of hydrogen-bond donors (Lipinski definition) is 0. The Bertz CT molecular complexity index is 3860. The third kappa shape index (κ3) is 11.2. The van der Waals surface area contributed by atoms with E-state index in [1.807, 2.05) is 97.1 Å². The van der Waals surface area contributed by atoms with Gasteiger partial charge in [0.25, 0.3) is 0 Å². The van der Waals surface area contributed by atoms with Gasteiger partial charge < -0.3 is 57.5 Å². The second kappa shape index (κ2) is 25.9. The molecular weight excluding hydrogens is 1170 g/mol. The van der Waals surface area contributed by atoms with Crippen molar-refractivity contribution in [2.45, 2.75) is 11.8 Å². The van der Waals surface area contributed by atoms with E-state index in [0.29, 0.717) is 0 Å². The maximum Gasteiger partial charge on any atom is 0.119 e. The molecule has 0 heterocycles. The van der Waals surface area contributed by atoms with Crippen molar-refractivity contribution < 1.29 is 37.9 Å². The number of rotatable bonds is 21. The van der Waals surface area contributed by atoms with Crippen molar-refractivity contribution in [1.82, 2.24) is 0 Å². The van der Waals surface area contributed by atoms with E-state index in [1.54, 1.807) is 56.9 Å². The molecule has 0 unspecified atom stereocenters. The maximum absolute atomic E-state index is 5.73. The van der Waals surface area contributed by atoms with Crippen LogP contribution in [0.5, 0.6) is 46.0 Å². The van der Waals surface area contributed by atoms with Crippen LogP contribution in [0.15, 0.2) is 267 Å². The van der Waals surface area contributed by atoms with Gasteiger partial charge >= 0.3 is 0 Å². The molecule has 12 aromatic rings. The second-order valence-corrected chi connectivity index (χ2v) is 23.0. The summed E-state index contributed by atoms with van der Waals surface area (Å²) in [7, 11) is 13.6. The van der Waals surface area contributed by atoms with Crippen molar-refractivity contribution in [2.24, 2.45) is 0 Å². The van der Waals surface area contributed by atoms with Crippen LogP contribution in [0.25, 0.3) is 22.3 Å². The highest BCUT2D eigenvalue weighted by molar-refractivity contribution is 5.93. The Labute approximate surface area is 549 Å². The van der Waals surface area contributed by atoms with Crippen LogP contribution < -0.4 is 57.5 Å². The Hall–Kier alpha value is -11.8. The smallest absolute Gasteiger partial charge is 0.119 e. The maximum atomic E-state index is 5.73. The number of fused-ring (bicyclic) bond motifs is 6. The van der Waals surface area contributed by atoms with Crippen molar-refractivity contribution in [1.29, 1.82) is 0 Å². The topological polar surface area (TPSA) is 86.8 Å². The first-order valence-electron chi connectivity index (χ1n) is 31.1. The van der Waals surface area contributed by atoms with Gasteiger partial charge in [-0.2, -0.15) is 0 Å². The summed E-state index contributed by atoms with van der Waals surface area (Å²) in [6, 6.07) is 94.1. The van der Waals surface area contributed by atoms with E-state index in [4.69, 9.17) is 37.9 Å².